The Hall–Kier alpha value is -1.42. The van der Waals surface area contributed by atoms with Gasteiger partial charge in [0.25, 0.3) is 0 Å². The van der Waals surface area contributed by atoms with E-state index in [0.29, 0.717) is 0 Å². The van der Waals surface area contributed by atoms with Crippen molar-refractivity contribution in [3.8, 4) is 0 Å². The molecule has 3 heterocycles. The minimum atomic E-state index is -0.341. The van der Waals surface area contributed by atoms with Gasteiger partial charge in [0.1, 0.15) is 11.2 Å². The number of imidazole rings is 1. The van der Waals surface area contributed by atoms with Crippen molar-refractivity contribution in [2.24, 2.45) is 0 Å². The van der Waals surface area contributed by atoms with Crippen LogP contribution in [0, 0.1) is 0 Å². The van der Waals surface area contributed by atoms with Crippen LogP contribution >= 0.6 is 0 Å². The summed E-state index contributed by atoms with van der Waals surface area (Å²) in [7, 11) is 0. The summed E-state index contributed by atoms with van der Waals surface area (Å²) in [6, 6.07) is 1.91. The molecule has 0 radical (unpaired) electrons. The second-order valence-corrected chi connectivity index (χ2v) is 5.22. The van der Waals surface area contributed by atoms with Crippen molar-refractivity contribution in [3.05, 3.63) is 29.8 Å². The van der Waals surface area contributed by atoms with Crippen LogP contribution in [0.5, 0.6) is 0 Å². The van der Waals surface area contributed by atoms with Gasteiger partial charge in [0, 0.05) is 12.4 Å². The van der Waals surface area contributed by atoms with Crippen molar-refractivity contribution in [2.45, 2.75) is 38.9 Å². The highest BCUT2D eigenvalue weighted by molar-refractivity contribution is 5.42. The minimum Gasteiger partial charge on any atom is -0.357 e. The zero-order chi connectivity index (χ0) is 11.6. The largest absolute Gasteiger partial charge is 0.357 e. The van der Waals surface area contributed by atoms with Crippen molar-refractivity contribution < 1.29 is 4.74 Å². The van der Waals surface area contributed by atoms with E-state index in [0.717, 1.165) is 17.2 Å². The highest BCUT2D eigenvalue weighted by Gasteiger charge is 2.47. The maximum absolute atomic E-state index is 6.04. The minimum absolute atomic E-state index is 0.318. The number of aromatic nitrogens is 3. The van der Waals surface area contributed by atoms with E-state index < -0.39 is 0 Å². The maximum atomic E-state index is 6.04. The van der Waals surface area contributed by atoms with Crippen LogP contribution in [0.25, 0.3) is 5.78 Å². The van der Waals surface area contributed by atoms with Crippen molar-refractivity contribution in [3.63, 3.8) is 0 Å². The van der Waals surface area contributed by atoms with Gasteiger partial charge in [-0.1, -0.05) is 0 Å². The van der Waals surface area contributed by atoms with E-state index in [9.17, 15) is 0 Å². The summed E-state index contributed by atoms with van der Waals surface area (Å²) < 4.78 is 8.06. The molecule has 3 rings (SSSR count). The molecule has 0 unspecified atom stereocenters. The van der Waals surface area contributed by atoms with Crippen molar-refractivity contribution in [1.82, 2.24) is 14.4 Å². The topological polar surface area (TPSA) is 39.4 Å². The number of ether oxygens (including phenoxy) is 1. The lowest BCUT2D eigenvalue weighted by atomic mass is 10.0. The Morgan fingerprint density at radius 3 is 2.69 bits per heavy atom. The maximum Gasteiger partial charge on any atom is 0.234 e. The van der Waals surface area contributed by atoms with Crippen LogP contribution < -0.4 is 0 Å². The Morgan fingerprint density at radius 1 is 1.19 bits per heavy atom. The van der Waals surface area contributed by atoms with Crippen LogP contribution in [0.15, 0.2) is 18.5 Å². The average molecular weight is 217 g/mol. The molecule has 0 spiro atoms. The number of fused-ring (bicyclic) bond motifs is 3. The number of hydrogen-bond donors (Lipinski definition) is 0. The molecule has 0 atom stereocenters. The van der Waals surface area contributed by atoms with Gasteiger partial charge in [-0.3, -0.25) is 4.40 Å². The number of hydrogen-bond acceptors (Lipinski definition) is 3. The molecule has 0 saturated heterocycles. The molecule has 84 valence electrons. The molecule has 1 aliphatic rings. The lowest BCUT2D eigenvalue weighted by molar-refractivity contribution is -0.108. The lowest BCUT2D eigenvalue weighted by Crippen LogP contribution is -2.24. The summed E-state index contributed by atoms with van der Waals surface area (Å²) in [6.07, 6.45) is 3.75. The molecule has 16 heavy (non-hydrogen) atoms. The Bertz CT molecular complexity index is 569. The molecular weight excluding hydrogens is 202 g/mol. The quantitative estimate of drug-likeness (QED) is 0.679. The van der Waals surface area contributed by atoms with Gasteiger partial charge in [0.15, 0.2) is 0 Å². The van der Waals surface area contributed by atoms with Gasteiger partial charge in [-0.2, -0.15) is 0 Å². The van der Waals surface area contributed by atoms with E-state index in [-0.39, 0.29) is 11.2 Å². The Kier molecular flexibility index (Phi) is 1.61. The molecule has 0 bridgehead atoms. The van der Waals surface area contributed by atoms with Crippen molar-refractivity contribution in [2.75, 3.05) is 0 Å². The van der Waals surface area contributed by atoms with Crippen LogP contribution in [0.2, 0.25) is 0 Å². The zero-order valence-electron chi connectivity index (χ0n) is 9.98. The summed E-state index contributed by atoms with van der Waals surface area (Å²) >= 11 is 0. The number of rotatable bonds is 0. The fraction of sp³-hybridized carbons (Fsp3) is 0.500. The SMILES string of the molecule is CC1(C)OC(C)(C)c2c1nc1ncccn21. The van der Waals surface area contributed by atoms with Gasteiger partial charge in [-0.15, -0.1) is 0 Å². The van der Waals surface area contributed by atoms with Crippen molar-refractivity contribution in [1.29, 1.82) is 0 Å². The van der Waals surface area contributed by atoms with Gasteiger partial charge in [0.05, 0.1) is 11.4 Å². The molecule has 0 amide bonds. The van der Waals surface area contributed by atoms with E-state index in [4.69, 9.17) is 4.74 Å². The Morgan fingerprint density at radius 2 is 1.94 bits per heavy atom. The molecule has 2 aromatic rings. The van der Waals surface area contributed by atoms with E-state index in [2.05, 4.69) is 23.8 Å². The normalized spacial score (nSPS) is 21.2. The van der Waals surface area contributed by atoms with Gasteiger partial charge in [-0.05, 0) is 33.8 Å². The second-order valence-electron chi connectivity index (χ2n) is 5.22. The molecule has 0 N–H and O–H groups in total. The van der Waals surface area contributed by atoms with Crippen LogP contribution in [-0.4, -0.2) is 14.4 Å². The van der Waals surface area contributed by atoms with Gasteiger partial charge in [-0.25, -0.2) is 9.97 Å². The predicted molar refractivity (Wildman–Crippen MR) is 60.1 cm³/mol. The molecule has 0 fully saturated rings. The highest BCUT2D eigenvalue weighted by atomic mass is 16.5. The summed E-state index contributed by atoms with van der Waals surface area (Å²) in [5.41, 5.74) is 1.45. The lowest BCUT2D eigenvalue weighted by Gasteiger charge is -2.24. The van der Waals surface area contributed by atoms with Gasteiger partial charge >= 0.3 is 0 Å². The molecule has 4 nitrogen and oxygen atoms in total. The summed E-state index contributed by atoms with van der Waals surface area (Å²) in [5.74, 6) is 0.747. The fourth-order valence-electron chi connectivity index (χ4n) is 2.62. The summed E-state index contributed by atoms with van der Waals surface area (Å²) in [6.45, 7) is 8.24. The summed E-state index contributed by atoms with van der Waals surface area (Å²) in [4.78, 5) is 8.84. The first-order valence-corrected chi connectivity index (χ1v) is 5.46. The van der Waals surface area contributed by atoms with Gasteiger partial charge < -0.3 is 4.74 Å². The van der Waals surface area contributed by atoms with Crippen molar-refractivity contribution >= 4 is 5.78 Å². The Balaban J connectivity index is 2.42. The monoisotopic (exact) mass is 217 g/mol. The molecule has 0 aliphatic carbocycles. The third kappa shape index (κ3) is 1.08. The standard InChI is InChI=1S/C12H15N3O/c1-11(2)8-9(12(3,4)16-11)15-7-5-6-13-10(15)14-8/h5-7H,1-4H3. The fourth-order valence-corrected chi connectivity index (χ4v) is 2.62. The van der Waals surface area contributed by atoms with Crippen LogP contribution in [-0.2, 0) is 15.9 Å². The molecule has 0 aromatic carbocycles. The average Bonchev–Trinajstić information content (AvgIpc) is 2.62. The first kappa shape index (κ1) is 9.78. The van der Waals surface area contributed by atoms with E-state index in [1.165, 1.54) is 0 Å². The van der Waals surface area contributed by atoms with E-state index in [1.807, 2.05) is 30.5 Å². The van der Waals surface area contributed by atoms with E-state index >= 15 is 0 Å². The van der Waals surface area contributed by atoms with Crippen LogP contribution in [0.3, 0.4) is 0 Å². The molecule has 0 saturated carbocycles. The van der Waals surface area contributed by atoms with Crippen LogP contribution in [0.1, 0.15) is 39.1 Å². The second kappa shape index (κ2) is 2.63. The Labute approximate surface area is 94.3 Å². The number of nitrogens with zero attached hydrogens (tertiary/aromatic N) is 3. The first-order valence-electron chi connectivity index (χ1n) is 5.46. The zero-order valence-corrected chi connectivity index (χ0v) is 9.98. The third-order valence-corrected chi connectivity index (χ3v) is 3.05. The van der Waals surface area contributed by atoms with Crippen LogP contribution in [0.4, 0.5) is 0 Å². The van der Waals surface area contributed by atoms with Gasteiger partial charge in [0.2, 0.25) is 5.78 Å². The molecule has 1 aliphatic heterocycles. The molecule has 2 aromatic heterocycles. The third-order valence-electron chi connectivity index (χ3n) is 3.05. The first-order chi connectivity index (χ1) is 7.42. The highest BCUT2D eigenvalue weighted by Crippen LogP contribution is 2.45. The smallest absolute Gasteiger partial charge is 0.234 e. The summed E-state index contributed by atoms with van der Waals surface area (Å²) in [5, 5.41) is 0. The molecule has 4 heteroatoms. The van der Waals surface area contributed by atoms with E-state index in [1.54, 1.807) is 6.20 Å². The molecular formula is C12H15N3O. The predicted octanol–water partition coefficient (Wildman–Crippen LogP) is 2.23.